The van der Waals surface area contributed by atoms with Crippen molar-refractivity contribution in [1.29, 1.82) is 0 Å². The van der Waals surface area contributed by atoms with Crippen LogP contribution in [-0.2, 0) is 33.9 Å². The van der Waals surface area contributed by atoms with Gasteiger partial charge in [-0.2, -0.15) is 0 Å². The minimum Gasteiger partial charge on any atom is -0.382 e. The molecular weight excluding hydrogens is 569 g/mol. The molecule has 1 aliphatic heterocycles. The summed E-state index contributed by atoms with van der Waals surface area (Å²) < 4.78 is 44.5. The fraction of sp³-hybridized carbons (Fsp3) is 0.625. The van der Waals surface area contributed by atoms with Gasteiger partial charge in [0, 0.05) is 36.4 Å². The number of primary amides is 1. The highest BCUT2D eigenvalue weighted by Gasteiger charge is 2.42. The average molecular weight is 616 g/mol. The molecule has 0 bridgehead atoms. The third-order valence-electron chi connectivity index (χ3n) is 9.38. The van der Waals surface area contributed by atoms with Crippen molar-refractivity contribution in [2.24, 2.45) is 11.1 Å². The van der Waals surface area contributed by atoms with E-state index >= 15 is 4.39 Å². The number of nitrogens with one attached hydrogen (secondary N) is 2. The number of rotatable bonds is 10. The second-order valence-corrected chi connectivity index (χ2v) is 15.2. The van der Waals surface area contributed by atoms with Crippen LogP contribution >= 0.6 is 0 Å². The van der Waals surface area contributed by atoms with Crippen LogP contribution in [0.2, 0.25) is 0 Å². The van der Waals surface area contributed by atoms with Crippen molar-refractivity contribution >= 4 is 27.3 Å². The van der Waals surface area contributed by atoms with Gasteiger partial charge in [0.2, 0.25) is 5.91 Å². The summed E-state index contributed by atoms with van der Waals surface area (Å²) >= 11 is 0. The third kappa shape index (κ3) is 6.48. The van der Waals surface area contributed by atoms with E-state index < -0.39 is 27.0 Å². The van der Waals surface area contributed by atoms with Crippen LogP contribution in [-0.4, -0.2) is 67.2 Å². The molecule has 9 nitrogen and oxygen atoms in total. The molecule has 5 rings (SSSR count). The van der Waals surface area contributed by atoms with Crippen LogP contribution in [0, 0.1) is 11.2 Å². The lowest BCUT2D eigenvalue weighted by molar-refractivity contribution is -0.122. The van der Waals surface area contributed by atoms with E-state index in [1.165, 1.54) is 6.07 Å². The summed E-state index contributed by atoms with van der Waals surface area (Å²) in [4.78, 5) is 27.6. The Balaban J connectivity index is 1.38. The number of sulfone groups is 1. The molecule has 2 aliphatic carbocycles. The Morgan fingerprint density at radius 2 is 1.74 bits per heavy atom. The minimum absolute atomic E-state index is 0.0276. The van der Waals surface area contributed by atoms with Crippen molar-refractivity contribution in [2.45, 2.75) is 102 Å². The van der Waals surface area contributed by atoms with Gasteiger partial charge in [0.25, 0.3) is 5.91 Å². The van der Waals surface area contributed by atoms with Gasteiger partial charge in [-0.3, -0.25) is 9.59 Å². The molecule has 1 fully saturated rings. The van der Waals surface area contributed by atoms with Crippen LogP contribution in [0.25, 0.3) is 5.69 Å². The minimum atomic E-state index is -3.49. The summed E-state index contributed by atoms with van der Waals surface area (Å²) in [6.45, 7) is 10.7. The highest BCUT2D eigenvalue weighted by atomic mass is 32.2. The van der Waals surface area contributed by atoms with E-state index in [9.17, 15) is 18.0 Å². The predicted octanol–water partition coefficient (Wildman–Crippen LogP) is 4.13. The van der Waals surface area contributed by atoms with Crippen molar-refractivity contribution in [2.75, 3.05) is 30.7 Å². The van der Waals surface area contributed by atoms with Crippen LogP contribution in [0.3, 0.4) is 0 Å². The molecule has 3 aliphatic rings. The fourth-order valence-corrected chi connectivity index (χ4v) is 9.77. The number of halogens is 1. The van der Waals surface area contributed by atoms with E-state index in [0.717, 1.165) is 63.0 Å². The second kappa shape index (κ2) is 12.2. The SMILES string of the molecule is CCN(CC)CCC(=O)NC1CCC(Nc2cc(-n3c4c(c5c3CC(C)(C)CS5(=O)=O)CCC4)cc(F)c2C(N)=O)CC1. The smallest absolute Gasteiger partial charge is 0.253 e. The van der Waals surface area contributed by atoms with Gasteiger partial charge in [0.15, 0.2) is 9.84 Å². The zero-order valence-electron chi connectivity index (χ0n) is 25.9. The van der Waals surface area contributed by atoms with E-state index in [2.05, 4.69) is 29.4 Å². The molecule has 1 aromatic carbocycles. The number of nitrogens with two attached hydrogens (primary N) is 1. The lowest BCUT2D eigenvalue weighted by Crippen LogP contribution is -2.41. The van der Waals surface area contributed by atoms with E-state index in [1.54, 1.807) is 6.07 Å². The van der Waals surface area contributed by atoms with Gasteiger partial charge < -0.3 is 25.8 Å². The molecule has 0 radical (unpaired) electrons. The van der Waals surface area contributed by atoms with Gasteiger partial charge in [-0.1, -0.05) is 27.7 Å². The molecule has 1 saturated carbocycles. The van der Waals surface area contributed by atoms with Gasteiger partial charge in [0.1, 0.15) is 5.82 Å². The summed E-state index contributed by atoms with van der Waals surface area (Å²) in [6, 6.07) is 3.11. The lowest BCUT2D eigenvalue weighted by atomic mass is 9.89. The highest BCUT2D eigenvalue weighted by Crippen LogP contribution is 2.45. The van der Waals surface area contributed by atoms with Crippen LogP contribution in [0.4, 0.5) is 10.1 Å². The van der Waals surface area contributed by atoms with Crippen molar-refractivity contribution in [1.82, 2.24) is 14.8 Å². The van der Waals surface area contributed by atoms with E-state index in [1.807, 2.05) is 18.4 Å². The molecule has 43 heavy (non-hydrogen) atoms. The molecule has 2 heterocycles. The zero-order valence-corrected chi connectivity index (χ0v) is 26.7. The largest absolute Gasteiger partial charge is 0.382 e. The van der Waals surface area contributed by atoms with Gasteiger partial charge in [0.05, 0.1) is 27.6 Å². The molecule has 0 atom stereocenters. The van der Waals surface area contributed by atoms with E-state index in [4.69, 9.17) is 5.73 Å². The Morgan fingerprint density at radius 3 is 2.40 bits per heavy atom. The number of hydrogen-bond donors (Lipinski definition) is 3. The topological polar surface area (TPSA) is 127 Å². The summed E-state index contributed by atoms with van der Waals surface area (Å²) in [7, 11) is -3.49. The Kier molecular flexibility index (Phi) is 8.96. The molecule has 1 aromatic heterocycles. The number of carbonyl (C=O) groups excluding carboxylic acids is 2. The molecule has 236 valence electrons. The first kappa shape index (κ1) is 31.5. The first-order chi connectivity index (χ1) is 20.3. The number of nitrogens with zero attached hydrogens (tertiary/aromatic N) is 2. The maximum atomic E-state index is 15.7. The molecular formula is C32H46FN5O4S. The van der Waals surface area contributed by atoms with Gasteiger partial charge in [-0.25, -0.2) is 12.8 Å². The fourth-order valence-electron chi connectivity index (χ4n) is 7.37. The highest BCUT2D eigenvalue weighted by molar-refractivity contribution is 7.91. The number of fused-ring (bicyclic) bond motifs is 3. The Morgan fingerprint density at radius 1 is 1.07 bits per heavy atom. The maximum absolute atomic E-state index is 15.7. The third-order valence-corrected chi connectivity index (χ3v) is 11.6. The Hall–Kier alpha value is -2.92. The number of benzene rings is 1. The summed E-state index contributed by atoms with van der Waals surface area (Å²) in [5.74, 6) is -1.44. The molecule has 0 unspecified atom stereocenters. The van der Waals surface area contributed by atoms with Crippen molar-refractivity contribution in [3.8, 4) is 5.69 Å². The quantitative estimate of drug-likeness (QED) is 0.369. The zero-order chi connectivity index (χ0) is 31.1. The molecule has 11 heteroatoms. The summed E-state index contributed by atoms with van der Waals surface area (Å²) in [5, 5.41) is 6.55. The van der Waals surface area contributed by atoms with Crippen molar-refractivity contribution in [3.05, 3.63) is 40.5 Å². The van der Waals surface area contributed by atoms with Crippen LogP contribution in [0.15, 0.2) is 17.0 Å². The Labute approximate surface area is 254 Å². The number of amides is 2. The summed E-state index contributed by atoms with van der Waals surface area (Å²) in [6.07, 6.45) is 6.30. The monoisotopic (exact) mass is 615 g/mol. The number of carbonyl (C=O) groups is 2. The lowest BCUT2D eigenvalue weighted by Gasteiger charge is -2.32. The normalized spacial score (nSPS) is 22.2. The second-order valence-electron chi connectivity index (χ2n) is 13.2. The van der Waals surface area contributed by atoms with Gasteiger partial charge in [-0.15, -0.1) is 0 Å². The molecule has 2 amide bonds. The van der Waals surface area contributed by atoms with Crippen LogP contribution < -0.4 is 16.4 Å². The van der Waals surface area contributed by atoms with Crippen LogP contribution in [0.5, 0.6) is 0 Å². The standard InChI is InChI=1S/C32H46FN5O4S/c1-5-37(6-2)15-14-28(39)36-21-12-10-20(11-13-21)35-25-17-22(16-24(33)29(25)31(34)40)38-26-9-7-8-23(26)30-27(38)18-32(3,4)19-43(30,41)42/h16-17,20-21,35H,5-15,18-19H2,1-4H3,(H2,34,40)(H,36,39). The van der Waals surface area contributed by atoms with E-state index in [0.29, 0.717) is 47.6 Å². The Bertz CT molecular complexity index is 1500. The summed E-state index contributed by atoms with van der Waals surface area (Å²) in [5.41, 5.74) is 8.31. The predicted molar refractivity (Wildman–Crippen MR) is 166 cm³/mol. The van der Waals surface area contributed by atoms with Gasteiger partial charge >= 0.3 is 0 Å². The first-order valence-corrected chi connectivity index (χ1v) is 17.4. The maximum Gasteiger partial charge on any atom is 0.253 e. The molecule has 2 aromatic rings. The number of aromatic nitrogens is 1. The number of hydrogen-bond acceptors (Lipinski definition) is 6. The van der Waals surface area contributed by atoms with E-state index in [-0.39, 0.29) is 29.3 Å². The molecule has 0 saturated heterocycles. The first-order valence-electron chi connectivity index (χ1n) is 15.7. The van der Waals surface area contributed by atoms with Crippen molar-refractivity contribution in [3.63, 3.8) is 0 Å². The molecule has 0 spiro atoms. The average Bonchev–Trinajstić information content (AvgIpc) is 3.48. The molecule has 4 N–H and O–H groups in total. The van der Waals surface area contributed by atoms with Crippen molar-refractivity contribution < 1.29 is 22.4 Å². The number of anilines is 1. The van der Waals surface area contributed by atoms with Gasteiger partial charge in [-0.05, 0) is 87.6 Å². The van der Waals surface area contributed by atoms with Crippen LogP contribution in [0.1, 0.15) is 93.5 Å².